The average Bonchev–Trinajstić information content (AvgIpc) is 3.76. The van der Waals surface area contributed by atoms with Gasteiger partial charge in [0.1, 0.15) is 0 Å². The maximum atomic E-state index is 2.57. The van der Waals surface area contributed by atoms with Crippen LogP contribution in [0.3, 0.4) is 0 Å². The summed E-state index contributed by atoms with van der Waals surface area (Å²) in [6.07, 6.45) is 10.4. The Morgan fingerprint density at radius 1 is 0.540 bits per heavy atom. The molecular formula is C47H40Cl2Zr. The fourth-order valence-corrected chi connectivity index (χ4v) is 17.1. The largest absolute Gasteiger partial charge is 1.00 e. The summed E-state index contributed by atoms with van der Waals surface area (Å²) in [6, 6.07) is 54.9. The third-order valence-corrected chi connectivity index (χ3v) is 18.5. The Hall–Kier alpha value is -3.87. The van der Waals surface area contributed by atoms with Crippen molar-refractivity contribution >= 4 is 3.21 Å². The molecule has 2 aliphatic rings. The smallest absolute Gasteiger partial charge is 1.00 e. The van der Waals surface area contributed by atoms with Gasteiger partial charge < -0.3 is 24.8 Å². The van der Waals surface area contributed by atoms with Crippen molar-refractivity contribution in [3.8, 4) is 33.4 Å². The number of halogens is 2. The Balaban J connectivity index is 0.00000216. The van der Waals surface area contributed by atoms with Crippen LogP contribution in [0.5, 0.6) is 0 Å². The molecule has 0 amide bonds. The third-order valence-electron chi connectivity index (χ3n) is 10.2. The summed E-state index contributed by atoms with van der Waals surface area (Å²) in [5.41, 5.74) is 16.8. The second-order valence-corrected chi connectivity index (χ2v) is 20.1. The Morgan fingerprint density at radius 3 is 1.44 bits per heavy atom. The molecule has 0 radical (unpaired) electrons. The fourth-order valence-electron chi connectivity index (χ4n) is 7.90. The molecule has 0 spiro atoms. The van der Waals surface area contributed by atoms with Gasteiger partial charge in [-0.15, -0.1) is 0 Å². The van der Waals surface area contributed by atoms with E-state index in [0.29, 0.717) is 3.63 Å². The first kappa shape index (κ1) is 35.9. The van der Waals surface area contributed by atoms with Crippen molar-refractivity contribution in [2.24, 2.45) is 0 Å². The van der Waals surface area contributed by atoms with Gasteiger partial charge >= 0.3 is 295 Å². The first-order valence-corrected chi connectivity index (χ1v) is 21.1. The van der Waals surface area contributed by atoms with Crippen molar-refractivity contribution in [2.75, 3.05) is 0 Å². The Morgan fingerprint density at radius 2 is 1.00 bits per heavy atom. The standard InChI is InChI=1S/C27H21.C15H14.C5H5.2ClH.Zr/c1-18-7-3-5-9-24(18)20-11-13-26-22(15-20)17-23-16-21(12-14-27(23)26)25-10-6-4-8-19(25)2;1-3-8-14(9-4-1)12-7-13-15-10-5-2-6-11-15;1-2-4-5-3-1;;;/h3-17H,1-2H3;1-6,8-11H,12-13H2;1-3H,4H2;2*1H;/q;;;;;+2/p-2. The molecule has 246 valence electrons. The average molecular weight is 767 g/mol. The molecule has 0 fully saturated rings. The van der Waals surface area contributed by atoms with E-state index in [1.807, 2.05) is 0 Å². The number of aryl methyl sites for hydroxylation is 2. The van der Waals surface area contributed by atoms with E-state index in [1.165, 1.54) is 66.8 Å². The zero-order valence-corrected chi connectivity index (χ0v) is 32.5. The van der Waals surface area contributed by atoms with E-state index in [2.05, 4.69) is 178 Å². The van der Waals surface area contributed by atoms with Gasteiger partial charge in [0.05, 0.1) is 0 Å². The first-order chi connectivity index (χ1) is 23.6. The van der Waals surface area contributed by atoms with E-state index < -0.39 is 21.3 Å². The van der Waals surface area contributed by atoms with E-state index >= 15 is 0 Å². The van der Waals surface area contributed by atoms with Crippen molar-refractivity contribution in [2.45, 2.75) is 36.7 Å². The van der Waals surface area contributed by atoms with E-state index in [1.54, 1.807) is 6.49 Å². The van der Waals surface area contributed by atoms with Gasteiger partial charge in [-0.05, 0) is 0 Å². The molecule has 2 aliphatic carbocycles. The first-order valence-electron chi connectivity index (χ1n) is 17.2. The minimum atomic E-state index is -2.66. The molecule has 6 aromatic rings. The van der Waals surface area contributed by atoms with Crippen LogP contribution in [0.4, 0.5) is 0 Å². The van der Waals surface area contributed by atoms with Gasteiger partial charge in [0, 0.05) is 0 Å². The molecule has 50 heavy (non-hydrogen) atoms. The van der Waals surface area contributed by atoms with Gasteiger partial charge in [0.25, 0.3) is 0 Å². The summed E-state index contributed by atoms with van der Waals surface area (Å²) in [6.45, 7) is 4.48. The van der Waals surface area contributed by atoms with Crippen LogP contribution in [-0.2, 0) is 34.1 Å². The van der Waals surface area contributed by atoms with Gasteiger partial charge in [-0.1, -0.05) is 0 Å². The van der Waals surface area contributed by atoms with Crippen LogP contribution < -0.4 is 24.8 Å². The van der Waals surface area contributed by atoms with Crippen molar-refractivity contribution in [1.82, 2.24) is 0 Å². The van der Waals surface area contributed by atoms with Crippen LogP contribution in [0.25, 0.3) is 33.4 Å². The molecule has 6 aromatic carbocycles. The third kappa shape index (κ3) is 7.15. The van der Waals surface area contributed by atoms with E-state index in [4.69, 9.17) is 0 Å². The van der Waals surface area contributed by atoms with Crippen LogP contribution in [0.1, 0.15) is 43.4 Å². The molecule has 3 heteroatoms. The fraction of sp³-hybridized carbons (Fsp3) is 0.128. The number of hydrogen-bond acceptors (Lipinski definition) is 0. The van der Waals surface area contributed by atoms with Gasteiger partial charge in [0.15, 0.2) is 0 Å². The molecule has 0 atom stereocenters. The number of fused-ring (bicyclic) bond motifs is 3. The van der Waals surface area contributed by atoms with Crippen LogP contribution in [-0.4, -0.2) is 3.21 Å². The van der Waals surface area contributed by atoms with Crippen LogP contribution in [0.15, 0.2) is 167 Å². The van der Waals surface area contributed by atoms with Crippen molar-refractivity contribution in [1.29, 1.82) is 0 Å². The monoisotopic (exact) mass is 764 g/mol. The summed E-state index contributed by atoms with van der Waals surface area (Å²) in [5.74, 6) is 0. The van der Waals surface area contributed by atoms with Gasteiger partial charge in [-0.2, -0.15) is 0 Å². The minimum Gasteiger partial charge on any atom is -1.00 e. The predicted octanol–water partition coefficient (Wildman–Crippen LogP) is 5.84. The summed E-state index contributed by atoms with van der Waals surface area (Å²) < 4.78 is 3.89. The molecular weight excluding hydrogens is 727 g/mol. The van der Waals surface area contributed by atoms with E-state index in [9.17, 15) is 0 Å². The molecule has 0 aliphatic heterocycles. The van der Waals surface area contributed by atoms with Crippen LogP contribution >= 0.6 is 0 Å². The number of hydrogen-bond donors (Lipinski definition) is 0. The number of allylic oxidation sites excluding steroid dienone is 4. The SMILES string of the molecule is Cc1ccccc1-c1ccc2c(c1)[CH]([Zr+2]([C]1=CC=CC1)=[C](Cc1ccccc1)Cc1ccccc1)c1cc(-c3ccccc3C)ccc1-2.[Cl-].[Cl-]. The van der Waals surface area contributed by atoms with Gasteiger partial charge in [-0.25, -0.2) is 0 Å². The summed E-state index contributed by atoms with van der Waals surface area (Å²) in [4.78, 5) is 0. The molecule has 0 nitrogen and oxygen atoms in total. The topological polar surface area (TPSA) is 0 Å². The van der Waals surface area contributed by atoms with Crippen molar-refractivity contribution < 1.29 is 46.1 Å². The van der Waals surface area contributed by atoms with E-state index in [-0.39, 0.29) is 24.8 Å². The maximum Gasteiger partial charge on any atom is -1.00 e. The Labute approximate surface area is 317 Å². The van der Waals surface area contributed by atoms with Gasteiger partial charge in [0.2, 0.25) is 0 Å². The minimum absolute atomic E-state index is 0. The van der Waals surface area contributed by atoms with Crippen LogP contribution in [0.2, 0.25) is 0 Å². The zero-order valence-electron chi connectivity index (χ0n) is 28.5. The molecule has 0 unspecified atom stereocenters. The van der Waals surface area contributed by atoms with E-state index in [0.717, 1.165) is 19.3 Å². The molecule has 0 N–H and O–H groups in total. The van der Waals surface area contributed by atoms with Crippen molar-refractivity contribution in [3.05, 3.63) is 200 Å². The Kier molecular flexibility index (Phi) is 11.5. The quantitative estimate of drug-likeness (QED) is 0.183. The molecule has 0 heterocycles. The van der Waals surface area contributed by atoms with Gasteiger partial charge in [-0.3, -0.25) is 0 Å². The molecule has 0 saturated heterocycles. The summed E-state index contributed by atoms with van der Waals surface area (Å²) in [7, 11) is 0. The summed E-state index contributed by atoms with van der Waals surface area (Å²) >= 11 is -2.66. The molecule has 0 aromatic heterocycles. The molecule has 0 saturated carbocycles. The summed E-state index contributed by atoms with van der Waals surface area (Å²) in [5, 5.41) is 0. The predicted molar refractivity (Wildman–Crippen MR) is 201 cm³/mol. The maximum absolute atomic E-state index is 2.66. The Bertz CT molecular complexity index is 2090. The second kappa shape index (κ2) is 16.0. The van der Waals surface area contributed by atoms with Crippen molar-refractivity contribution in [3.63, 3.8) is 0 Å². The number of benzene rings is 6. The zero-order chi connectivity index (χ0) is 32.5. The van der Waals surface area contributed by atoms with Crippen LogP contribution in [0, 0.1) is 13.8 Å². The number of rotatable bonds is 8. The molecule has 8 rings (SSSR count). The molecule has 0 bridgehead atoms. The normalized spacial score (nSPS) is 12.5. The second-order valence-electron chi connectivity index (χ2n) is 13.3.